The van der Waals surface area contributed by atoms with E-state index in [4.69, 9.17) is 15.7 Å². The van der Waals surface area contributed by atoms with E-state index in [9.17, 15) is 4.79 Å². The third kappa shape index (κ3) is 3.37. The van der Waals surface area contributed by atoms with Crippen molar-refractivity contribution in [2.75, 3.05) is 18.4 Å². The van der Waals surface area contributed by atoms with Gasteiger partial charge in [0.1, 0.15) is 5.82 Å². The average molecular weight is 406 g/mol. The number of carbonyl (C=O) groups is 1. The van der Waals surface area contributed by atoms with Crippen LogP contribution in [0.15, 0.2) is 30.3 Å². The van der Waals surface area contributed by atoms with Gasteiger partial charge < -0.3 is 11.1 Å². The van der Waals surface area contributed by atoms with Crippen LogP contribution in [0, 0.1) is 0 Å². The number of nitrogens with zero attached hydrogens (tertiary/aromatic N) is 3. The van der Waals surface area contributed by atoms with Crippen LogP contribution in [0.1, 0.15) is 56.7 Å². The zero-order chi connectivity index (χ0) is 20.7. The van der Waals surface area contributed by atoms with Gasteiger partial charge in [0.25, 0.3) is 0 Å². The Morgan fingerprint density at radius 3 is 2.53 bits per heavy atom. The number of hydrogen-bond acceptors (Lipinski definition) is 5. The van der Waals surface area contributed by atoms with Gasteiger partial charge in [0.2, 0.25) is 5.91 Å². The monoisotopic (exact) mass is 405 g/mol. The van der Waals surface area contributed by atoms with E-state index in [2.05, 4.69) is 22.3 Å². The standard InChI is InChI=1S/C24H31N5O/c1-16(21(25)30)29-14-12-24(13-15-29)11-10-19-20(24)27-22(17-6-3-2-4-7-17)28-23(19)26-18-8-5-9-18/h2-4,6-7,16,18H,5,8-15H2,1H3,(H2,25,30)(H,26,27,28). The number of benzene rings is 1. The summed E-state index contributed by atoms with van der Waals surface area (Å²) in [6.45, 7) is 3.69. The highest BCUT2D eigenvalue weighted by molar-refractivity contribution is 5.79. The molecule has 6 nitrogen and oxygen atoms in total. The van der Waals surface area contributed by atoms with Crippen molar-refractivity contribution in [1.82, 2.24) is 14.9 Å². The predicted molar refractivity (Wildman–Crippen MR) is 118 cm³/mol. The van der Waals surface area contributed by atoms with Crippen molar-refractivity contribution in [2.24, 2.45) is 5.73 Å². The molecule has 2 fully saturated rings. The largest absolute Gasteiger partial charge is 0.368 e. The minimum absolute atomic E-state index is 0.0890. The first-order chi connectivity index (χ1) is 14.6. The number of carbonyl (C=O) groups excluding carboxylic acids is 1. The van der Waals surface area contributed by atoms with Crippen LogP contribution >= 0.6 is 0 Å². The van der Waals surface area contributed by atoms with Gasteiger partial charge in [-0.25, -0.2) is 9.97 Å². The molecule has 158 valence electrons. The first-order valence-corrected chi connectivity index (χ1v) is 11.3. The van der Waals surface area contributed by atoms with Gasteiger partial charge in [-0.05, 0) is 65.0 Å². The van der Waals surface area contributed by atoms with E-state index < -0.39 is 0 Å². The van der Waals surface area contributed by atoms with Gasteiger partial charge in [-0.1, -0.05) is 30.3 Å². The molecular weight excluding hydrogens is 374 g/mol. The summed E-state index contributed by atoms with van der Waals surface area (Å²) in [7, 11) is 0. The number of anilines is 1. The first-order valence-electron chi connectivity index (χ1n) is 11.3. The summed E-state index contributed by atoms with van der Waals surface area (Å²) < 4.78 is 0. The molecule has 2 aliphatic carbocycles. The molecule has 0 bridgehead atoms. The molecule has 1 saturated heterocycles. The topological polar surface area (TPSA) is 84.1 Å². The second-order valence-corrected chi connectivity index (χ2v) is 9.26. The lowest BCUT2D eigenvalue weighted by Crippen LogP contribution is -2.50. The molecule has 1 aromatic carbocycles. The molecule has 1 aliphatic heterocycles. The highest BCUT2D eigenvalue weighted by Crippen LogP contribution is 2.48. The fraction of sp³-hybridized carbons (Fsp3) is 0.542. The van der Waals surface area contributed by atoms with E-state index in [0.29, 0.717) is 6.04 Å². The van der Waals surface area contributed by atoms with Gasteiger partial charge in [0.05, 0.1) is 11.7 Å². The molecule has 1 saturated carbocycles. The summed E-state index contributed by atoms with van der Waals surface area (Å²) in [4.78, 5) is 24.0. The van der Waals surface area contributed by atoms with Gasteiger partial charge in [-0.15, -0.1) is 0 Å². The molecule has 6 heteroatoms. The summed E-state index contributed by atoms with van der Waals surface area (Å²) in [6, 6.07) is 10.6. The maximum absolute atomic E-state index is 11.6. The average Bonchev–Trinajstić information content (AvgIpc) is 3.09. The Kier molecular flexibility index (Phi) is 4.97. The van der Waals surface area contributed by atoms with E-state index in [1.165, 1.54) is 30.5 Å². The first kappa shape index (κ1) is 19.5. The van der Waals surface area contributed by atoms with Crippen LogP contribution in [0.25, 0.3) is 11.4 Å². The fourth-order valence-electron chi connectivity index (χ4n) is 5.23. The molecule has 1 amide bonds. The highest BCUT2D eigenvalue weighted by atomic mass is 16.1. The van der Waals surface area contributed by atoms with Crippen LogP contribution in [-0.2, 0) is 16.6 Å². The minimum atomic E-state index is -0.238. The predicted octanol–water partition coefficient (Wildman–Crippen LogP) is 3.26. The number of hydrogen-bond donors (Lipinski definition) is 2. The number of aromatic nitrogens is 2. The number of rotatable bonds is 5. The molecular formula is C24H31N5O. The Bertz CT molecular complexity index is 932. The van der Waals surface area contributed by atoms with Crippen molar-refractivity contribution in [3.8, 4) is 11.4 Å². The number of likely N-dealkylation sites (tertiary alicyclic amines) is 1. The van der Waals surface area contributed by atoms with E-state index in [1.807, 2.05) is 25.1 Å². The summed E-state index contributed by atoms with van der Waals surface area (Å²) in [5.41, 5.74) is 9.26. The lowest BCUT2D eigenvalue weighted by atomic mass is 9.76. The fourth-order valence-corrected chi connectivity index (χ4v) is 5.23. The maximum atomic E-state index is 11.6. The Morgan fingerprint density at radius 1 is 1.17 bits per heavy atom. The highest BCUT2D eigenvalue weighted by Gasteiger charge is 2.45. The van der Waals surface area contributed by atoms with E-state index in [0.717, 1.165) is 56.0 Å². The molecule has 30 heavy (non-hydrogen) atoms. The second-order valence-electron chi connectivity index (χ2n) is 9.26. The molecule has 1 aromatic heterocycles. The number of primary amides is 1. The molecule has 1 spiro atoms. The molecule has 0 radical (unpaired) electrons. The lowest BCUT2D eigenvalue weighted by Gasteiger charge is -2.41. The molecule has 2 heterocycles. The quantitative estimate of drug-likeness (QED) is 0.798. The number of nitrogens with two attached hydrogens (primary N) is 1. The Balaban J connectivity index is 1.49. The van der Waals surface area contributed by atoms with Crippen molar-refractivity contribution in [2.45, 2.75) is 69.4 Å². The van der Waals surface area contributed by atoms with Gasteiger partial charge in [-0.2, -0.15) is 0 Å². The lowest BCUT2D eigenvalue weighted by molar-refractivity contribution is -0.123. The van der Waals surface area contributed by atoms with Crippen LogP contribution in [0.2, 0.25) is 0 Å². The van der Waals surface area contributed by atoms with Crippen molar-refractivity contribution < 1.29 is 4.79 Å². The molecule has 1 unspecified atom stereocenters. The van der Waals surface area contributed by atoms with Gasteiger partial charge in [0, 0.05) is 22.6 Å². The second kappa shape index (κ2) is 7.65. The molecule has 2 aromatic rings. The van der Waals surface area contributed by atoms with Crippen molar-refractivity contribution in [3.63, 3.8) is 0 Å². The van der Waals surface area contributed by atoms with Crippen LogP contribution < -0.4 is 11.1 Å². The van der Waals surface area contributed by atoms with Crippen LogP contribution in [0.4, 0.5) is 5.82 Å². The summed E-state index contributed by atoms with van der Waals surface area (Å²) in [5.74, 6) is 1.64. The van der Waals surface area contributed by atoms with E-state index in [1.54, 1.807) is 0 Å². The number of piperidine rings is 1. The van der Waals surface area contributed by atoms with Crippen molar-refractivity contribution >= 4 is 11.7 Å². The van der Waals surface area contributed by atoms with Gasteiger partial charge >= 0.3 is 0 Å². The Morgan fingerprint density at radius 2 is 1.90 bits per heavy atom. The molecule has 3 aliphatic rings. The summed E-state index contributed by atoms with van der Waals surface area (Å²) >= 11 is 0. The zero-order valence-electron chi connectivity index (χ0n) is 17.7. The number of fused-ring (bicyclic) bond motifs is 2. The van der Waals surface area contributed by atoms with Crippen LogP contribution in [0.5, 0.6) is 0 Å². The van der Waals surface area contributed by atoms with Crippen LogP contribution in [0.3, 0.4) is 0 Å². The van der Waals surface area contributed by atoms with Gasteiger partial charge in [-0.3, -0.25) is 9.69 Å². The number of nitrogens with one attached hydrogen (secondary N) is 1. The molecule has 3 N–H and O–H groups in total. The zero-order valence-corrected chi connectivity index (χ0v) is 17.7. The normalized spacial score (nSPS) is 21.8. The molecule has 5 rings (SSSR count). The summed E-state index contributed by atoms with van der Waals surface area (Å²) in [5, 5.41) is 3.73. The van der Waals surface area contributed by atoms with Crippen molar-refractivity contribution in [1.29, 1.82) is 0 Å². The minimum Gasteiger partial charge on any atom is -0.368 e. The molecule has 1 atom stereocenters. The Hall–Kier alpha value is -2.47. The third-order valence-corrected chi connectivity index (χ3v) is 7.56. The van der Waals surface area contributed by atoms with E-state index >= 15 is 0 Å². The third-order valence-electron chi connectivity index (χ3n) is 7.56. The van der Waals surface area contributed by atoms with Gasteiger partial charge in [0.15, 0.2) is 5.82 Å². The number of amides is 1. The van der Waals surface area contributed by atoms with Crippen LogP contribution in [-0.4, -0.2) is 45.9 Å². The SMILES string of the molecule is CC(C(N)=O)N1CCC2(CCc3c(NC4CCC4)nc(-c4ccccc4)nc32)CC1. The maximum Gasteiger partial charge on any atom is 0.234 e. The Labute approximate surface area is 178 Å². The summed E-state index contributed by atoms with van der Waals surface area (Å²) in [6.07, 6.45) is 7.94. The van der Waals surface area contributed by atoms with E-state index in [-0.39, 0.29) is 17.4 Å². The van der Waals surface area contributed by atoms with Crippen molar-refractivity contribution in [3.05, 3.63) is 41.6 Å². The smallest absolute Gasteiger partial charge is 0.234 e.